The van der Waals surface area contributed by atoms with Crippen molar-refractivity contribution in [2.45, 2.75) is 6.54 Å². The predicted octanol–water partition coefficient (Wildman–Crippen LogP) is 1.85. The molecule has 0 spiro atoms. The molecule has 0 fully saturated rings. The molecule has 0 aliphatic carbocycles. The Kier molecular flexibility index (Phi) is 4.61. The SMILES string of the molecule is COCCONCc1cc2c(cc1Br)OCO2. The van der Waals surface area contributed by atoms with Crippen LogP contribution in [-0.4, -0.2) is 27.1 Å². The number of hydrogen-bond acceptors (Lipinski definition) is 5. The second kappa shape index (κ2) is 6.20. The summed E-state index contributed by atoms with van der Waals surface area (Å²) in [7, 11) is 1.64. The highest BCUT2D eigenvalue weighted by molar-refractivity contribution is 9.10. The van der Waals surface area contributed by atoms with Crippen LogP contribution < -0.4 is 15.0 Å². The number of nitrogens with one attached hydrogen (secondary N) is 1. The molecular weight excluding hydrogens is 290 g/mol. The van der Waals surface area contributed by atoms with E-state index in [9.17, 15) is 0 Å². The summed E-state index contributed by atoms with van der Waals surface area (Å²) in [5.74, 6) is 1.53. The number of ether oxygens (including phenoxy) is 3. The fraction of sp³-hybridized carbons (Fsp3) is 0.455. The van der Waals surface area contributed by atoms with Crippen LogP contribution in [0, 0.1) is 0 Å². The van der Waals surface area contributed by atoms with E-state index in [-0.39, 0.29) is 6.79 Å². The molecule has 1 aliphatic rings. The van der Waals surface area contributed by atoms with Crippen LogP contribution in [0.3, 0.4) is 0 Å². The van der Waals surface area contributed by atoms with Crippen LogP contribution in [0.4, 0.5) is 0 Å². The standard InChI is InChI=1S/C11H14BrNO4/c1-14-2-3-17-13-6-8-4-10-11(5-9(8)12)16-7-15-10/h4-5,13H,2-3,6-7H2,1H3. The van der Waals surface area contributed by atoms with Gasteiger partial charge in [0.25, 0.3) is 0 Å². The Bertz CT molecular complexity index is 386. The predicted molar refractivity (Wildman–Crippen MR) is 64.9 cm³/mol. The molecular formula is C11H14BrNO4. The summed E-state index contributed by atoms with van der Waals surface area (Å²) < 4.78 is 16.4. The number of benzene rings is 1. The van der Waals surface area contributed by atoms with Gasteiger partial charge in [-0.15, -0.1) is 0 Å². The Morgan fingerprint density at radius 2 is 2.06 bits per heavy atom. The van der Waals surface area contributed by atoms with Crippen LogP contribution in [0.15, 0.2) is 16.6 Å². The Morgan fingerprint density at radius 3 is 2.82 bits per heavy atom. The molecule has 5 nitrogen and oxygen atoms in total. The lowest BCUT2D eigenvalue weighted by Crippen LogP contribution is -2.17. The monoisotopic (exact) mass is 303 g/mol. The van der Waals surface area contributed by atoms with Gasteiger partial charge >= 0.3 is 0 Å². The number of rotatable bonds is 6. The molecule has 0 bridgehead atoms. The molecule has 1 heterocycles. The Labute approximate surface area is 108 Å². The Morgan fingerprint density at radius 1 is 1.29 bits per heavy atom. The van der Waals surface area contributed by atoms with Crippen LogP contribution in [-0.2, 0) is 16.1 Å². The molecule has 2 rings (SSSR count). The largest absolute Gasteiger partial charge is 0.454 e. The van der Waals surface area contributed by atoms with Gasteiger partial charge in [0, 0.05) is 18.1 Å². The van der Waals surface area contributed by atoms with Crippen molar-refractivity contribution >= 4 is 15.9 Å². The fourth-order valence-corrected chi connectivity index (χ4v) is 1.88. The van der Waals surface area contributed by atoms with E-state index in [0.717, 1.165) is 21.5 Å². The maximum absolute atomic E-state index is 5.31. The smallest absolute Gasteiger partial charge is 0.231 e. The molecule has 6 heteroatoms. The maximum Gasteiger partial charge on any atom is 0.231 e. The van der Waals surface area contributed by atoms with E-state index in [1.54, 1.807) is 7.11 Å². The van der Waals surface area contributed by atoms with Crippen molar-refractivity contribution in [2.75, 3.05) is 27.1 Å². The van der Waals surface area contributed by atoms with Crippen molar-refractivity contribution in [3.8, 4) is 11.5 Å². The number of hydrogen-bond donors (Lipinski definition) is 1. The third-order valence-electron chi connectivity index (χ3n) is 2.30. The summed E-state index contributed by atoms with van der Waals surface area (Å²) in [6.45, 7) is 1.94. The molecule has 94 valence electrons. The fourth-order valence-electron chi connectivity index (χ4n) is 1.42. The summed E-state index contributed by atoms with van der Waals surface area (Å²) >= 11 is 3.48. The average Bonchev–Trinajstić information content (AvgIpc) is 2.76. The van der Waals surface area contributed by atoms with Crippen LogP contribution in [0.25, 0.3) is 0 Å². The molecule has 0 aromatic heterocycles. The van der Waals surface area contributed by atoms with E-state index in [2.05, 4.69) is 21.4 Å². The first-order valence-corrected chi connectivity index (χ1v) is 6.02. The van der Waals surface area contributed by atoms with Crippen LogP contribution in [0.2, 0.25) is 0 Å². The molecule has 17 heavy (non-hydrogen) atoms. The zero-order chi connectivity index (χ0) is 12.1. The number of fused-ring (bicyclic) bond motifs is 1. The maximum atomic E-state index is 5.31. The van der Waals surface area contributed by atoms with E-state index < -0.39 is 0 Å². The highest BCUT2D eigenvalue weighted by atomic mass is 79.9. The van der Waals surface area contributed by atoms with E-state index in [0.29, 0.717) is 19.8 Å². The van der Waals surface area contributed by atoms with Crippen LogP contribution in [0.5, 0.6) is 11.5 Å². The van der Waals surface area contributed by atoms with Gasteiger partial charge in [0.1, 0.15) is 0 Å². The lowest BCUT2D eigenvalue weighted by atomic mass is 10.2. The zero-order valence-electron chi connectivity index (χ0n) is 9.49. The van der Waals surface area contributed by atoms with Gasteiger partial charge in [-0.1, -0.05) is 15.9 Å². The van der Waals surface area contributed by atoms with E-state index in [1.807, 2.05) is 12.1 Å². The molecule has 0 saturated heterocycles. The molecule has 0 saturated carbocycles. The third-order valence-corrected chi connectivity index (χ3v) is 3.03. The minimum Gasteiger partial charge on any atom is -0.454 e. The number of methoxy groups -OCH3 is 1. The summed E-state index contributed by atoms with van der Waals surface area (Å²) in [5.41, 5.74) is 3.91. The van der Waals surface area contributed by atoms with Crippen LogP contribution >= 0.6 is 15.9 Å². The molecule has 0 radical (unpaired) electrons. The third kappa shape index (κ3) is 3.32. The van der Waals surface area contributed by atoms with E-state index >= 15 is 0 Å². The van der Waals surface area contributed by atoms with Gasteiger partial charge < -0.3 is 14.2 Å². The first-order chi connectivity index (χ1) is 8.31. The molecule has 0 atom stereocenters. The van der Waals surface area contributed by atoms with Crippen molar-refractivity contribution in [2.24, 2.45) is 0 Å². The van der Waals surface area contributed by atoms with Crippen molar-refractivity contribution in [3.63, 3.8) is 0 Å². The van der Waals surface area contributed by atoms with Gasteiger partial charge in [-0.05, 0) is 17.7 Å². The molecule has 0 unspecified atom stereocenters. The lowest BCUT2D eigenvalue weighted by molar-refractivity contribution is 0.00337. The molecule has 0 amide bonds. The van der Waals surface area contributed by atoms with Gasteiger partial charge in [-0.3, -0.25) is 4.84 Å². The normalized spacial score (nSPS) is 13.1. The number of hydroxylamine groups is 1. The quantitative estimate of drug-likeness (QED) is 0.642. The first kappa shape index (κ1) is 12.6. The highest BCUT2D eigenvalue weighted by Gasteiger charge is 2.15. The summed E-state index contributed by atoms with van der Waals surface area (Å²) in [6, 6.07) is 3.83. The van der Waals surface area contributed by atoms with Crippen LogP contribution in [0.1, 0.15) is 5.56 Å². The first-order valence-electron chi connectivity index (χ1n) is 5.23. The molecule has 1 aliphatic heterocycles. The minimum absolute atomic E-state index is 0.281. The minimum atomic E-state index is 0.281. The number of halogens is 1. The molecule has 1 aromatic rings. The zero-order valence-corrected chi connectivity index (χ0v) is 11.1. The second-order valence-corrected chi connectivity index (χ2v) is 4.31. The molecule has 1 aromatic carbocycles. The van der Waals surface area contributed by atoms with Gasteiger partial charge in [0.15, 0.2) is 11.5 Å². The average molecular weight is 304 g/mol. The summed E-state index contributed by atoms with van der Waals surface area (Å²) in [5, 5.41) is 0. The van der Waals surface area contributed by atoms with E-state index in [4.69, 9.17) is 19.0 Å². The van der Waals surface area contributed by atoms with Gasteiger partial charge in [-0.2, -0.15) is 5.48 Å². The van der Waals surface area contributed by atoms with E-state index in [1.165, 1.54) is 0 Å². The second-order valence-electron chi connectivity index (χ2n) is 3.46. The van der Waals surface area contributed by atoms with Crippen molar-refractivity contribution in [1.82, 2.24) is 5.48 Å². The van der Waals surface area contributed by atoms with Crippen molar-refractivity contribution in [3.05, 3.63) is 22.2 Å². The Balaban J connectivity index is 1.88. The Hall–Kier alpha value is -0.820. The van der Waals surface area contributed by atoms with Crippen molar-refractivity contribution in [1.29, 1.82) is 0 Å². The topological polar surface area (TPSA) is 49.0 Å². The molecule has 1 N–H and O–H groups in total. The van der Waals surface area contributed by atoms with Gasteiger partial charge in [0.2, 0.25) is 6.79 Å². The lowest BCUT2D eigenvalue weighted by Gasteiger charge is -2.08. The van der Waals surface area contributed by atoms with Crippen molar-refractivity contribution < 1.29 is 19.0 Å². The summed E-state index contributed by atoms with van der Waals surface area (Å²) in [6.07, 6.45) is 0. The van der Waals surface area contributed by atoms with Gasteiger partial charge in [-0.25, -0.2) is 0 Å². The van der Waals surface area contributed by atoms with Gasteiger partial charge in [0.05, 0.1) is 13.2 Å². The highest BCUT2D eigenvalue weighted by Crippen LogP contribution is 2.36. The summed E-state index contributed by atoms with van der Waals surface area (Å²) in [4.78, 5) is 5.18.